The van der Waals surface area contributed by atoms with Crippen molar-refractivity contribution in [2.45, 2.75) is 37.0 Å². The number of carbonyl (C=O) groups excluding carboxylic acids is 1. The predicted molar refractivity (Wildman–Crippen MR) is 108 cm³/mol. The molecule has 1 N–H and O–H groups in total. The molecule has 1 saturated carbocycles. The van der Waals surface area contributed by atoms with E-state index in [2.05, 4.69) is 5.32 Å². The summed E-state index contributed by atoms with van der Waals surface area (Å²) >= 11 is 5.94. The van der Waals surface area contributed by atoms with Crippen LogP contribution in [0.4, 0.5) is 5.69 Å². The van der Waals surface area contributed by atoms with E-state index in [-0.39, 0.29) is 10.8 Å². The zero-order valence-electron chi connectivity index (χ0n) is 15.4. The lowest BCUT2D eigenvalue weighted by molar-refractivity contribution is -0.118. The van der Waals surface area contributed by atoms with Crippen LogP contribution in [0.3, 0.4) is 0 Å². The van der Waals surface area contributed by atoms with Crippen molar-refractivity contribution in [3.05, 3.63) is 59.1 Å². The lowest BCUT2D eigenvalue weighted by atomic mass is 9.95. The van der Waals surface area contributed by atoms with Crippen molar-refractivity contribution in [2.24, 2.45) is 0 Å². The number of anilines is 1. The molecule has 0 unspecified atom stereocenters. The number of sulfonamides is 1. The van der Waals surface area contributed by atoms with Crippen molar-refractivity contribution in [3.8, 4) is 0 Å². The average Bonchev–Trinajstić information content (AvgIpc) is 3.45. The topological polar surface area (TPSA) is 66.5 Å². The van der Waals surface area contributed by atoms with Crippen LogP contribution >= 0.6 is 11.6 Å². The largest absolute Gasteiger partial charge is 0.325 e. The van der Waals surface area contributed by atoms with Gasteiger partial charge in [-0.2, -0.15) is 4.31 Å². The number of carbonyl (C=O) groups is 1. The van der Waals surface area contributed by atoms with Gasteiger partial charge >= 0.3 is 0 Å². The van der Waals surface area contributed by atoms with Gasteiger partial charge in [0, 0.05) is 23.8 Å². The van der Waals surface area contributed by atoms with E-state index < -0.39 is 15.4 Å². The highest BCUT2D eigenvalue weighted by atomic mass is 35.5. The molecule has 1 aliphatic carbocycles. The van der Waals surface area contributed by atoms with E-state index in [1.165, 1.54) is 10.4 Å². The van der Waals surface area contributed by atoms with Crippen molar-refractivity contribution in [1.82, 2.24) is 4.31 Å². The Labute approximate surface area is 165 Å². The van der Waals surface area contributed by atoms with E-state index in [1.807, 2.05) is 12.1 Å². The van der Waals surface area contributed by atoms with Gasteiger partial charge in [0.15, 0.2) is 0 Å². The molecule has 0 atom stereocenters. The summed E-state index contributed by atoms with van der Waals surface area (Å²) in [7, 11) is -3.57. The van der Waals surface area contributed by atoms with Crippen LogP contribution in [-0.4, -0.2) is 31.7 Å². The van der Waals surface area contributed by atoms with E-state index in [9.17, 15) is 13.2 Å². The summed E-state index contributed by atoms with van der Waals surface area (Å²) in [5.41, 5.74) is 0.850. The Hall–Kier alpha value is -1.89. The molecule has 3 rings (SSSR count). The molecule has 144 valence electrons. The minimum Gasteiger partial charge on any atom is -0.325 e. The van der Waals surface area contributed by atoms with Gasteiger partial charge in [0.05, 0.1) is 10.3 Å². The summed E-state index contributed by atoms with van der Waals surface area (Å²) in [5.74, 6) is -0.123. The molecule has 5 nitrogen and oxygen atoms in total. The van der Waals surface area contributed by atoms with Gasteiger partial charge in [0.25, 0.3) is 0 Å². The van der Waals surface area contributed by atoms with Crippen LogP contribution in [0, 0.1) is 0 Å². The number of amides is 1. The molecule has 2 aromatic carbocycles. The van der Waals surface area contributed by atoms with Gasteiger partial charge in [-0.15, -0.1) is 0 Å². The Morgan fingerprint density at radius 1 is 1.11 bits per heavy atom. The standard InChI is InChI=1S/C20H23ClN2O3S/c1-3-23(4-2)27(25,26)18-7-5-6-17(14-18)22-19(24)20(12-13-20)15-8-10-16(21)11-9-15/h5-11,14H,3-4,12-13H2,1-2H3,(H,22,24). The van der Waals surface area contributed by atoms with Crippen molar-refractivity contribution in [2.75, 3.05) is 18.4 Å². The molecule has 0 spiro atoms. The molecule has 0 radical (unpaired) electrons. The molecular weight excluding hydrogens is 384 g/mol. The third kappa shape index (κ3) is 3.88. The summed E-state index contributed by atoms with van der Waals surface area (Å²) in [6, 6.07) is 13.7. The second-order valence-electron chi connectivity index (χ2n) is 6.66. The SMILES string of the molecule is CCN(CC)S(=O)(=O)c1cccc(NC(=O)C2(c3ccc(Cl)cc3)CC2)c1. The predicted octanol–water partition coefficient (Wildman–Crippen LogP) is 4.04. The fourth-order valence-electron chi connectivity index (χ4n) is 3.24. The first-order valence-corrected chi connectivity index (χ1v) is 10.8. The number of hydrogen-bond acceptors (Lipinski definition) is 3. The molecule has 2 aromatic rings. The first-order valence-electron chi connectivity index (χ1n) is 9.01. The van der Waals surface area contributed by atoms with E-state index in [0.717, 1.165) is 18.4 Å². The highest BCUT2D eigenvalue weighted by Gasteiger charge is 2.51. The quantitative estimate of drug-likeness (QED) is 0.754. The number of rotatable bonds is 7. The normalized spacial score (nSPS) is 15.6. The van der Waals surface area contributed by atoms with Gasteiger partial charge in [0.2, 0.25) is 15.9 Å². The molecule has 7 heteroatoms. The summed E-state index contributed by atoms with van der Waals surface area (Å²) in [6.45, 7) is 4.40. The fraction of sp³-hybridized carbons (Fsp3) is 0.350. The number of nitrogens with zero attached hydrogens (tertiary/aromatic N) is 1. The van der Waals surface area contributed by atoms with Gasteiger partial charge < -0.3 is 5.32 Å². The van der Waals surface area contributed by atoms with Crippen LogP contribution in [0.5, 0.6) is 0 Å². The highest BCUT2D eigenvalue weighted by Crippen LogP contribution is 2.49. The molecule has 0 aliphatic heterocycles. The smallest absolute Gasteiger partial charge is 0.243 e. The van der Waals surface area contributed by atoms with Crippen LogP contribution in [0.2, 0.25) is 5.02 Å². The number of halogens is 1. The molecular formula is C20H23ClN2O3S. The van der Waals surface area contributed by atoms with E-state index in [4.69, 9.17) is 11.6 Å². The van der Waals surface area contributed by atoms with Gasteiger partial charge in [-0.1, -0.05) is 43.6 Å². The van der Waals surface area contributed by atoms with E-state index >= 15 is 0 Å². The molecule has 27 heavy (non-hydrogen) atoms. The Morgan fingerprint density at radius 3 is 2.30 bits per heavy atom. The summed E-state index contributed by atoms with van der Waals surface area (Å²) in [5, 5.41) is 3.52. The van der Waals surface area contributed by atoms with Gasteiger partial charge in [-0.3, -0.25) is 4.79 Å². The van der Waals surface area contributed by atoms with Gasteiger partial charge in [-0.25, -0.2) is 8.42 Å². The van der Waals surface area contributed by atoms with Crippen molar-refractivity contribution >= 4 is 33.2 Å². The van der Waals surface area contributed by atoms with Gasteiger partial charge in [0.1, 0.15) is 0 Å². The Morgan fingerprint density at radius 2 is 1.74 bits per heavy atom. The van der Waals surface area contributed by atoms with Crippen LogP contribution in [-0.2, 0) is 20.2 Å². The van der Waals surface area contributed by atoms with E-state index in [0.29, 0.717) is 23.8 Å². The lowest BCUT2D eigenvalue weighted by Crippen LogP contribution is -2.31. The molecule has 1 amide bonds. The van der Waals surface area contributed by atoms with E-state index in [1.54, 1.807) is 44.2 Å². The molecule has 0 bridgehead atoms. The minimum atomic E-state index is -3.57. The average molecular weight is 407 g/mol. The molecule has 0 saturated heterocycles. The molecule has 1 fully saturated rings. The maximum Gasteiger partial charge on any atom is 0.243 e. The van der Waals surface area contributed by atoms with Crippen molar-refractivity contribution in [3.63, 3.8) is 0 Å². The van der Waals surface area contributed by atoms with Crippen LogP contribution in [0.25, 0.3) is 0 Å². The van der Waals surface area contributed by atoms with Crippen LogP contribution in [0.15, 0.2) is 53.4 Å². The Bertz CT molecular complexity index is 934. The molecule has 0 heterocycles. The third-order valence-corrected chi connectivity index (χ3v) is 7.31. The molecule has 0 aromatic heterocycles. The second kappa shape index (κ2) is 7.62. The lowest BCUT2D eigenvalue weighted by Gasteiger charge is -2.19. The molecule has 1 aliphatic rings. The number of hydrogen-bond donors (Lipinski definition) is 1. The summed E-state index contributed by atoms with van der Waals surface area (Å²) in [4.78, 5) is 13.1. The first kappa shape index (κ1) is 19.9. The van der Waals surface area contributed by atoms with Gasteiger partial charge in [-0.05, 0) is 48.7 Å². The Kier molecular flexibility index (Phi) is 5.60. The van der Waals surface area contributed by atoms with Crippen molar-refractivity contribution < 1.29 is 13.2 Å². The first-order chi connectivity index (χ1) is 12.8. The fourth-order valence-corrected chi connectivity index (χ4v) is 4.87. The summed E-state index contributed by atoms with van der Waals surface area (Å²) < 4.78 is 26.8. The summed E-state index contributed by atoms with van der Waals surface area (Å²) in [6.07, 6.45) is 1.52. The van der Waals surface area contributed by atoms with Crippen LogP contribution in [0.1, 0.15) is 32.3 Å². The minimum absolute atomic E-state index is 0.123. The maximum absolute atomic E-state index is 12.9. The zero-order valence-corrected chi connectivity index (χ0v) is 17.0. The monoisotopic (exact) mass is 406 g/mol. The maximum atomic E-state index is 12.9. The second-order valence-corrected chi connectivity index (χ2v) is 9.03. The van der Waals surface area contributed by atoms with Crippen LogP contribution < -0.4 is 5.32 Å². The third-order valence-electron chi connectivity index (χ3n) is 5.02. The van der Waals surface area contributed by atoms with Crippen molar-refractivity contribution in [1.29, 1.82) is 0 Å². The Balaban J connectivity index is 1.83. The zero-order chi connectivity index (χ0) is 19.7. The number of benzene rings is 2. The number of nitrogens with one attached hydrogen (secondary N) is 1. The highest BCUT2D eigenvalue weighted by molar-refractivity contribution is 7.89.